The fraction of sp³-hybridized carbons (Fsp3) is 0.385. The van der Waals surface area contributed by atoms with Crippen molar-refractivity contribution in [2.45, 2.75) is 25.7 Å². The molecular formula is C13H16N2O2. The highest BCUT2D eigenvalue weighted by atomic mass is 16.2. The molecule has 0 atom stereocenters. The van der Waals surface area contributed by atoms with Crippen molar-refractivity contribution >= 4 is 17.5 Å². The van der Waals surface area contributed by atoms with Gasteiger partial charge in [0.1, 0.15) is 0 Å². The summed E-state index contributed by atoms with van der Waals surface area (Å²) in [5.74, 6) is -0.296. The van der Waals surface area contributed by atoms with Crippen molar-refractivity contribution in [3.63, 3.8) is 0 Å². The van der Waals surface area contributed by atoms with Gasteiger partial charge in [-0.1, -0.05) is 18.2 Å². The molecule has 1 aromatic rings. The van der Waals surface area contributed by atoms with Crippen molar-refractivity contribution in [3.05, 3.63) is 29.8 Å². The SMILES string of the molecule is NC(=O)CCN1C(=O)CCCc2ccccc21. The fourth-order valence-corrected chi connectivity index (χ4v) is 2.15. The van der Waals surface area contributed by atoms with Gasteiger partial charge < -0.3 is 10.6 Å². The van der Waals surface area contributed by atoms with Crippen LogP contribution in [0.3, 0.4) is 0 Å². The Balaban J connectivity index is 2.27. The van der Waals surface area contributed by atoms with E-state index in [1.54, 1.807) is 4.90 Å². The lowest BCUT2D eigenvalue weighted by atomic mass is 10.1. The number of anilines is 1. The number of hydrogen-bond acceptors (Lipinski definition) is 2. The van der Waals surface area contributed by atoms with Gasteiger partial charge >= 0.3 is 0 Å². The van der Waals surface area contributed by atoms with Gasteiger partial charge in [0.2, 0.25) is 11.8 Å². The van der Waals surface area contributed by atoms with Gasteiger partial charge in [-0.3, -0.25) is 9.59 Å². The average molecular weight is 232 g/mol. The largest absolute Gasteiger partial charge is 0.370 e. The Morgan fingerprint density at radius 3 is 2.82 bits per heavy atom. The van der Waals surface area contributed by atoms with Gasteiger partial charge in [0, 0.05) is 25.1 Å². The third-order valence-corrected chi connectivity index (χ3v) is 3.00. The molecule has 2 N–H and O–H groups in total. The summed E-state index contributed by atoms with van der Waals surface area (Å²) in [5.41, 5.74) is 7.23. The molecule has 0 aliphatic carbocycles. The van der Waals surface area contributed by atoms with Crippen LogP contribution in [0.2, 0.25) is 0 Å². The molecule has 4 heteroatoms. The minimum absolute atomic E-state index is 0.0798. The van der Waals surface area contributed by atoms with Gasteiger partial charge in [-0.15, -0.1) is 0 Å². The molecule has 1 aromatic carbocycles. The number of fused-ring (bicyclic) bond motifs is 1. The van der Waals surface area contributed by atoms with Crippen LogP contribution in [0.1, 0.15) is 24.8 Å². The van der Waals surface area contributed by atoms with Crippen LogP contribution in [0.25, 0.3) is 0 Å². The number of para-hydroxylation sites is 1. The maximum Gasteiger partial charge on any atom is 0.227 e. The summed E-state index contributed by atoms with van der Waals surface area (Å²) < 4.78 is 0. The smallest absolute Gasteiger partial charge is 0.227 e. The van der Waals surface area contributed by atoms with Crippen LogP contribution < -0.4 is 10.6 Å². The first-order chi connectivity index (χ1) is 8.18. The van der Waals surface area contributed by atoms with E-state index in [4.69, 9.17) is 5.73 Å². The highest BCUT2D eigenvalue weighted by molar-refractivity contribution is 5.95. The Bertz CT molecular complexity index is 443. The molecular weight excluding hydrogens is 216 g/mol. The Morgan fingerprint density at radius 1 is 1.29 bits per heavy atom. The van der Waals surface area contributed by atoms with Gasteiger partial charge in [-0.05, 0) is 24.5 Å². The van der Waals surface area contributed by atoms with Crippen LogP contribution in [-0.2, 0) is 16.0 Å². The van der Waals surface area contributed by atoms with Crippen molar-refractivity contribution in [3.8, 4) is 0 Å². The highest BCUT2D eigenvalue weighted by Gasteiger charge is 2.21. The molecule has 17 heavy (non-hydrogen) atoms. The molecule has 0 saturated heterocycles. The van der Waals surface area contributed by atoms with E-state index in [2.05, 4.69) is 0 Å². The zero-order valence-corrected chi connectivity index (χ0v) is 9.69. The number of primary amides is 1. The van der Waals surface area contributed by atoms with E-state index in [-0.39, 0.29) is 18.2 Å². The molecule has 90 valence electrons. The molecule has 0 bridgehead atoms. The van der Waals surface area contributed by atoms with E-state index in [0.717, 1.165) is 18.5 Å². The number of carbonyl (C=O) groups excluding carboxylic acids is 2. The molecule has 0 radical (unpaired) electrons. The van der Waals surface area contributed by atoms with Crippen molar-refractivity contribution in [2.24, 2.45) is 5.73 Å². The number of benzene rings is 1. The average Bonchev–Trinajstić information content (AvgIpc) is 2.45. The van der Waals surface area contributed by atoms with Crippen LogP contribution in [0, 0.1) is 0 Å². The molecule has 2 amide bonds. The quantitative estimate of drug-likeness (QED) is 0.852. The Hall–Kier alpha value is -1.84. The topological polar surface area (TPSA) is 63.4 Å². The molecule has 4 nitrogen and oxygen atoms in total. The van der Waals surface area contributed by atoms with E-state index < -0.39 is 0 Å². The van der Waals surface area contributed by atoms with E-state index >= 15 is 0 Å². The number of carbonyl (C=O) groups is 2. The Labute approximate surface area is 100 Å². The number of nitrogens with two attached hydrogens (primary N) is 1. The molecule has 1 aliphatic heterocycles. The minimum atomic E-state index is -0.375. The lowest BCUT2D eigenvalue weighted by Crippen LogP contribution is -2.33. The molecule has 0 aromatic heterocycles. The van der Waals surface area contributed by atoms with Gasteiger partial charge in [0.25, 0.3) is 0 Å². The second kappa shape index (κ2) is 4.99. The number of rotatable bonds is 3. The third kappa shape index (κ3) is 2.64. The van der Waals surface area contributed by atoms with Gasteiger partial charge in [0.15, 0.2) is 0 Å². The highest BCUT2D eigenvalue weighted by Crippen LogP contribution is 2.26. The van der Waals surface area contributed by atoms with Crippen LogP contribution in [-0.4, -0.2) is 18.4 Å². The second-order valence-electron chi connectivity index (χ2n) is 4.24. The Kier molecular flexibility index (Phi) is 3.42. The lowest BCUT2D eigenvalue weighted by Gasteiger charge is -2.22. The molecule has 1 aliphatic rings. The van der Waals surface area contributed by atoms with Gasteiger partial charge in [-0.25, -0.2) is 0 Å². The number of amides is 2. The van der Waals surface area contributed by atoms with Crippen LogP contribution in [0.15, 0.2) is 24.3 Å². The zero-order valence-electron chi connectivity index (χ0n) is 9.69. The van der Waals surface area contributed by atoms with Crippen molar-refractivity contribution in [2.75, 3.05) is 11.4 Å². The third-order valence-electron chi connectivity index (χ3n) is 3.00. The summed E-state index contributed by atoms with van der Waals surface area (Å²) >= 11 is 0. The summed E-state index contributed by atoms with van der Waals surface area (Å²) in [5, 5.41) is 0. The van der Waals surface area contributed by atoms with Gasteiger partial charge in [-0.2, -0.15) is 0 Å². The van der Waals surface area contributed by atoms with Crippen molar-refractivity contribution in [1.29, 1.82) is 0 Å². The summed E-state index contributed by atoms with van der Waals surface area (Å²) in [4.78, 5) is 24.5. The maximum atomic E-state index is 12.0. The predicted octanol–water partition coefficient (Wildman–Crippen LogP) is 1.23. The van der Waals surface area contributed by atoms with E-state index in [1.807, 2.05) is 24.3 Å². The van der Waals surface area contributed by atoms with Crippen LogP contribution >= 0.6 is 0 Å². The van der Waals surface area contributed by atoms with Gasteiger partial charge in [0.05, 0.1) is 0 Å². The monoisotopic (exact) mass is 232 g/mol. The maximum absolute atomic E-state index is 12.0. The summed E-state index contributed by atoms with van der Waals surface area (Å²) in [6.07, 6.45) is 2.52. The Morgan fingerprint density at radius 2 is 2.06 bits per heavy atom. The van der Waals surface area contributed by atoms with E-state index in [1.165, 1.54) is 5.56 Å². The van der Waals surface area contributed by atoms with Crippen molar-refractivity contribution in [1.82, 2.24) is 0 Å². The standard InChI is InChI=1S/C13H16N2O2/c14-12(16)8-9-15-11-6-2-1-4-10(11)5-3-7-13(15)17/h1-2,4,6H,3,5,7-9H2,(H2,14,16). The number of hydrogen-bond donors (Lipinski definition) is 1. The first kappa shape index (κ1) is 11.6. The second-order valence-corrected chi connectivity index (χ2v) is 4.24. The van der Waals surface area contributed by atoms with Crippen molar-refractivity contribution < 1.29 is 9.59 Å². The van der Waals surface area contributed by atoms with E-state index in [9.17, 15) is 9.59 Å². The first-order valence-electron chi connectivity index (χ1n) is 5.85. The lowest BCUT2D eigenvalue weighted by molar-refractivity contribution is -0.119. The zero-order chi connectivity index (χ0) is 12.3. The molecule has 0 fully saturated rings. The fourth-order valence-electron chi connectivity index (χ4n) is 2.15. The molecule has 1 heterocycles. The summed E-state index contributed by atoms with van der Waals surface area (Å²) in [6.45, 7) is 0.380. The minimum Gasteiger partial charge on any atom is -0.370 e. The van der Waals surface area contributed by atoms with E-state index in [0.29, 0.717) is 13.0 Å². The molecule has 0 unspecified atom stereocenters. The number of nitrogens with zero attached hydrogens (tertiary/aromatic N) is 1. The summed E-state index contributed by atoms with van der Waals surface area (Å²) in [7, 11) is 0. The number of aryl methyl sites for hydroxylation is 1. The predicted molar refractivity (Wildman–Crippen MR) is 65.5 cm³/mol. The van der Waals surface area contributed by atoms with Crippen LogP contribution in [0.4, 0.5) is 5.69 Å². The molecule has 2 rings (SSSR count). The van der Waals surface area contributed by atoms with Crippen LogP contribution in [0.5, 0.6) is 0 Å². The molecule has 0 spiro atoms. The molecule has 0 saturated carbocycles. The first-order valence-corrected chi connectivity index (χ1v) is 5.85. The normalized spacial score (nSPS) is 15.3. The summed E-state index contributed by atoms with van der Waals surface area (Å²) in [6, 6.07) is 7.85.